The molecule has 0 unspecified atom stereocenters. The Morgan fingerprint density at radius 1 is 1.09 bits per heavy atom. The summed E-state index contributed by atoms with van der Waals surface area (Å²) in [5.74, 6) is 2.64. The van der Waals surface area contributed by atoms with E-state index in [1.807, 2.05) is 6.07 Å². The molecule has 0 radical (unpaired) electrons. The fraction of sp³-hybridized carbons (Fsp3) is 0.667. The Balaban J connectivity index is 1.45. The van der Waals surface area contributed by atoms with Crippen molar-refractivity contribution in [1.82, 2.24) is 9.80 Å². The van der Waals surface area contributed by atoms with Crippen molar-refractivity contribution in [1.29, 1.82) is 0 Å². The molecule has 3 fully saturated rings. The summed E-state index contributed by atoms with van der Waals surface area (Å²) in [4.78, 5) is 5.38. The van der Waals surface area contributed by atoms with Crippen molar-refractivity contribution in [3.8, 4) is 11.5 Å². The zero-order valence-corrected chi connectivity index (χ0v) is 13.5. The van der Waals surface area contributed by atoms with Gasteiger partial charge < -0.3 is 9.47 Å². The summed E-state index contributed by atoms with van der Waals surface area (Å²) in [5, 5.41) is 0. The molecule has 0 saturated carbocycles. The Morgan fingerprint density at radius 2 is 2.00 bits per heavy atom. The molecule has 1 aromatic rings. The van der Waals surface area contributed by atoms with Crippen molar-refractivity contribution in [3.05, 3.63) is 23.8 Å². The smallest absolute Gasteiger partial charge is 0.231 e. The highest BCUT2D eigenvalue weighted by molar-refractivity contribution is 5.44. The van der Waals surface area contributed by atoms with E-state index in [1.54, 1.807) is 0 Å². The average Bonchev–Trinajstić information content (AvgIpc) is 2.81. The normalized spacial score (nSPS) is 28.0. The number of piperidine rings is 1. The number of benzene rings is 1. The fourth-order valence-corrected chi connectivity index (χ4v) is 4.26. The van der Waals surface area contributed by atoms with Gasteiger partial charge in [-0.25, -0.2) is 0 Å². The fourth-order valence-electron chi connectivity index (χ4n) is 4.26. The highest BCUT2D eigenvalue weighted by Crippen LogP contribution is 2.34. The van der Waals surface area contributed by atoms with E-state index in [4.69, 9.17) is 9.47 Å². The highest BCUT2D eigenvalue weighted by atomic mass is 16.7. The molecule has 3 saturated heterocycles. The van der Waals surface area contributed by atoms with Gasteiger partial charge in [0.25, 0.3) is 0 Å². The molecule has 120 valence electrons. The summed E-state index contributed by atoms with van der Waals surface area (Å²) in [6, 6.07) is 7.14. The monoisotopic (exact) mass is 302 g/mol. The number of ether oxygens (including phenoxy) is 2. The van der Waals surface area contributed by atoms with Gasteiger partial charge >= 0.3 is 0 Å². The number of nitrogens with zero attached hydrogens (tertiary/aromatic N) is 2. The van der Waals surface area contributed by atoms with Gasteiger partial charge in [0.15, 0.2) is 11.5 Å². The van der Waals surface area contributed by atoms with Crippen molar-refractivity contribution >= 4 is 0 Å². The summed E-state index contributed by atoms with van der Waals surface area (Å²) < 4.78 is 10.9. The third-order valence-electron chi connectivity index (χ3n) is 5.26. The summed E-state index contributed by atoms with van der Waals surface area (Å²) in [6.45, 7) is 8.70. The average molecular weight is 302 g/mol. The molecular weight excluding hydrogens is 276 g/mol. The summed E-state index contributed by atoms with van der Waals surface area (Å²) in [5.41, 5.74) is 1.34. The molecule has 0 N–H and O–H groups in total. The Bertz CT molecular complexity index is 534. The first-order valence-electron chi connectivity index (χ1n) is 8.66. The zero-order valence-electron chi connectivity index (χ0n) is 13.5. The van der Waals surface area contributed by atoms with Crippen LogP contribution in [-0.2, 0) is 6.54 Å². The first kappa shape index (κ1) is 14.3. The van der Waals surface area contributed by atoms with E-state index in [-0.39, 0.29) is 0 Å². The molecular formula is C18H26N2O2. The Kier molecular flexibility index (Phi) is 3.97. The lowest BCUT2D eigenvalue weighted by atomic mass is 9.95. The highest BCUT2D eigenvalue weighted by Gasteiger charge is 2.34. The lowest BCUT2D eigenvalue weighted by molar-refractivity contribution is 0.131. The molecule has 4 heterocycles. The van der Waals surface area contributed by atoms with E-state index in [0.29, 0.717) is 6.79 Å². The van der Waals surface area contributed by atoms with Crippen LogP contribution in [0, 0.1) is 5.92 Å². The minimum Gasteiger partial charge on any atom is -0.454 e. The van der Waals surface area contributed by atoms with Gasteiger partial charge in [-0.3, -0.25) is 9.80 Å². The van der Waals surface area contributed by atoms with Crippen molar-refractivity contribution in [3.63, 3.8) is 0 Å². The number of hydrogen-bond acceptors (Lipinski definition) is 4. The van der Waals surface area contributed by atoms with Crippen LogP contribution in [0.2, 0.25) is 0 Å². The molecule has 0 aliphatic carbocycles. The van der Waals surface area contributed by atoms with Gasteiger partial charge in [0.1, 0.15) is 0 Å². The molecule has 4 nitrogen and oxygen atoms in total. The van der Waals surface area contributed by atoms with Gasteiger partial charge in [-0.1, -0.05) is 13.0 Å². The van der Waals surface area contributed by atoms with Gasteiger partial charge in [-0.15, -0.1) is 0 Å². The Labute approximate surface area is 133 Å². The summed E-state index contributed by atoms with van der Waals surface area (Å²) in [6.07, 6.45) is 4.05. The molecule has 5 rings (SSSR count). The van der Waals surface area contributed by atoms with Gasteiger partial charge in [0.2, 0.25) is 6.79 Å². The van der Waals surface area contributed by atoms with Crippen LogP contribution in [0.5, 0.6) is 11.5 Å². The molecule has 1 aromatic carbocycles. The van der Waals surface area contributed by atoms with Crippen LogP contribution < -0.4 is 9.47 Å². The van der Waals surface area contributed by atoms with Crippen LogP contribution in [0.3, 0.4) is 0 Å². The van der Waals surface area contributed by atoms with E-state index in [9.17, 15) is 0 Å². The zero-order chi connectivity index (χ0) is 14.9. The van der Waals surface area contributed by atoms with Crippen LogP contribution in [0.4, 0.5) is 0 Å². The first-order chi connectivity index (χ1) is 10.8. The Hall–Kier alpha value is -1.26. The van der Waals surface area contributed by atoms with E-state index in [2.05, 4.69) is 28.9 Å². The second kappa shape index (κ2) is 6.09. The predicted octanol–water partition coefficient (Wildman–Crippen LogP) is 2.72. The third kappa shape index (κ3) is 2.82. The van der Waals surface area contributed by atoms with Gasteiger partial charge in [-0.05, 0) is 49.4 Å². The van der Waals surface area contributed by atoms with E-state index < -0.39 is 0 Å². The van der Waals surface area contributed by atoms with E-state index in [1.165, 1.54) is 51.0 Å². The topological polar surface area (TPSA) is 24.9 Å². The summed E-state index contributed by atoms with van der Waals surface area (Å²) in [7, 11) is 0. The van der Waals surface area contributed by atoms with Crippen LogP contribution >= 0.6 is 0 Å². The summed E-state index contributed by atoms with van der Waals surface area (Å²) >= 11 is 0. The molecule has 22 heavy (non-hydrogen) atoms. The SMILES string of the molecule is CCCN1C[C@H]2CC[C@@H]1CN(Cc1ccc3c(c1)OCO3)C2. The van der Waals surface area contributed by atoms with Crippen LogP contribution in [-0.4, -0.2) is 48.8 Å². The lowest BCUT2D eigenvalue weighted by Crippen LogP contribution is -2.44. The first-order valence-corrected chi connectivity index (χ1v) is 8.66. The molecule has 0 aromatic heterocycles. The minimum atomic E-state index is 0.360. The van der Waals surface area contributed by atoms with Crippen LogP contribution in [0.1, 0.15) is 31.7 Å². The van der Waals surface area contributed by atoms with Crippen molar-refractivity contribution in [2.75, 3.05) is 33.0 Å². The Morgan fingerprint density at radius 3 is 2.91 bits per heavy atom. The van der Waals surface area contributed by atoms with Crippen LogP contribution in [0.25, 0.3) is 0 Å². The van der Waals surface area contributed by atoms with Crippen molar-refractivity contribution in [2.24, 2.45) is 5.92 Å². The molecule has 0 amide bonds. The van der Waals surface area contributed by atoms with Gasteiger partial charge in [-0.2, -0.15) is 0 Å². The maximum atomic E-state index is 5.51. The van der Waals surface area contributed by atoms with E-state index >= 15 is 0 Å². The second-order valence-corrected chi connectivity index (χ2v) is 6.97. The number of rotatable bonds is 4. The molecule has 4 heteroatoms. The largest absolute Gasteiger partial charge is 0.454 e. The predicted molar refractivity (Wildman–Crippen MR) is 86.2 cm³/mol. The number of hydrogen-bond donors (Lipinski definition) is 0. The van der Waals surface area contributed by atoms with Gasteiger partial charge in [0.05, 0.1) is 0 Å². The number of fused-ring (bicyclic) bond motifs is 5. The van der Waals surface area contributed by atoms with Crippen molar-refractivity contribution < 1.29 is 9.47 Å². The maximum Gasteiger partial charge on any atom is 0.231 e. The molecule has 0 spiro atoms. The van der Waals surface area contributed by atoms with Crippen molar-refractivity contribution in [2.45, 2.75) is 38.8 Å². The second-order valence-electron chi connectivity index (χ2n) is 6.97. The minimum absolute atomic E-state index is 0.360. The van der Waals surface area contributed by atoms with Gasteiger partial charge in [0, 0.05) is 32.2 Å². The third-order valence-corrected chi connectivity index (χ3v) is 5.26. The van der Waals surface area contributed by atoms with E-state index in [0.717, 1.165) is 30.0 Å². The standard InChI is InChI=1S/C18H26N2O2/c1-2-7-20-11-15-3-5-16(20)12-19(10-15)9-14-4-6-17-18(8-14)22-13-21-17/h4,6,8,15-16H,2-3,5,7,9-13H2,1H3/t15-,16+/m0/s1. The van der Waals surface area contributed by atoms with Crippen LogP contribution in [0.15, 0.2) is 18.2 Å². The molecule has 2 bridgehead atoms. The maximum absolute atomic E-state index is 5.51. The molecule has 2 atom stereocenters. The molecule has 4 aliphatic rings. The quantitative estimate of drug-likeness (QED) is 0.854. The molecule has 4 aliphatic heterocycles. The lowest BCUT2D eigenvalue weighted by Gasteiger charge is -2.35.